The number of halogens is 1. The summed E-state index contributed by atoms with van der Waals surface area (Å²) in [6, 6.07) is 0.558. The summed E-state index contributed by atoms with van der Waals surface area (Å²) in [6.45, 7) is 2.63. The molecule has 0 unspecified atom stereocenters. The van der Waals surface area contributed by atoms with Crippen molar-refractivity contribution in [1.82, 2.24) is 5.32 Å². The van der Waals surface area contributed by atoms with Crippen LogP contribution in [0.4, 0.5) is 0 Å². The van der Waals surface area contributed by atoms with Crippen molar-refractivity contribution in [3.63, 3.8) is 0 Å². The summed E-state index contributed by atoms with van der Waals surface area (Å²) in [6.07, 6.45) is 8.76. The molecule has 1 aliphatic carbocycles. The van der Waals surface area contributed by atoms with Gasteiger partial charge >= 0.3 is 0 Å². The third kappa shape index (κ3) is 5.73. The molecule has 1 aliphatic heterocycles. The first-order valence-corrected chi connectivity index (χ1v) is 6.99. The molecule has 2 aliphatic rings. The lowest BCUT2D eigenvalue weighted by Crippen LogP contribution is -2.41. The Morgan fingerprint density at radius 1 is 1.11 bits per heavy atom. The minimum Gasteiger partial charge on any atom is -0.381 e. The number of aliphatic imine (C=N–C) groups is 1. The first-order chi connectivity index (χ1) is 8.34. The molecule has 4 nitrogen and oxygen atoms in total. The SMILES string of the molecule is I.NC(=NCC1CCOCC1)NC1CCCCC1. The fourth-order valence-electron chi connectivity index (χ4n) is 2.66. The van der Waals surface area contributed by atoms with Crippen LogP contribution in [0.25, 0.3) is 0 Å². The van der Waals surface area contributed by atoms with Gasteiger partial charge in [-0.2, -0.15) is 0 Å². The molecule has 3 N–H and O–H groups in total. The van der Waals surface area contributed by atoms with Crippen molar-refractivity contribution in [1.29, 1.82) is 0 Å². The van der Waals surface area contributed by atoms with Crippen LogP contribution in [0, 0.1) is 5.92 Å². The third-order valence-corrected chi connectivity index (χ3v) is 3.82. The molecule has 2 rings (SSSR count). The average Bonchev–Trinajstić information content (AvgIpc) is 2.39. The molecule has 0 aromatic rings. The van der Waals surface area contributed by atoms with Gasteiger partial charge in [-0.15, -0.1) is 24.0 Å². The van der Waals surface area contributed by atoms with Crippen LogP contribution in [0.2, 0.25) is 0 Å². The minimum atomic E-state index is 0. The maximum Gasteiger partial charge on any atom is 0.188 e. The van der Waals surface area contributed by atoms with Crippen molar-refractivity contribution in [2.45, 2.75) is 51.0 Å². The van der Waals surface area contributed by atoms with Crippen molar-refractivity contribution < 1.29 is 4.74 Å². The lowest BCUT2D eigenvalue weighted by Gasteiger charge is -2.24. The van der Waals surface area contributed by atoms with Crippen molar-refractivity contribution in [3.8, 4) is 0 Å². The molecule has 2 fully saturated rings. The number of guanidine groups is 1. The maximum absolute atomic E-state index is 5.93. The molecule has 5 heteroatoms. The van der Waals surface area contributed by atoms with Crippen LogP contribution in [-0.2, 0) is 4.74 Å². The van der Waals surface area contributed by atoms with E-state index >= 15 is 0 Å². The maximum atomic E-state index is 5.93. The second-order valence-electron chi connectivity index (χ2n) is 5.26. The zero-order valence-corrected chi connectivity index (χ0v) is 13.4. The topological polar surface area (TPSA) is 59.6 Å². The number of nitrogens with one attached hydrogen (secondary N) is 1. The summed E-state index contributed by atoms with van der Waals surface area (Å²) >= 11 is 0. The molecular formula is C13H26IN3O. The Morgan fingerprint density at radius 2 is 1.78 bits per heavy atom. The van der Waals surface area contributed by atoms with Crippen LogP contribution in [0.1, 0.15) is 44.9 Å². The highest BCUT2D eigenvalue weighted by atomic mass is 127. The third-order valence-electron chi connectivity index (χ3n) is 3.82. The van der Waals surface area contributed by atoms with E-state index in [0.29, 0.717) is 17.9 Å². The van der Waals surface area contributed by atoms with E-state index in [0.717, 1.165) is 32.6 Å². The van der Waals surface area contributed by atoms with Crippen molar-refractivity contribution in [2.75, 3.05) is 19.8 Å². The molecule has 106 valence electrons. The molecule has 0 radical (unpaired) electrons. The van der Waals surface area contributed by atoms with E-state index in [4.69, 9.17) is 10.5 Å². The summed E-state index contributed by atoms with van der Waals surface area (Å²) in [5.74, 6) is 1.30. The van der Waals surface area contributed by atoms with Crippen LogP contribution in [0.5, 0.6) is 0 Å². The van der Waals surface area contributed by atoms with Gasteiger partial charge in [0.15, 0.2) is 5.96 Å². The highest BCUT2D eigenvalue weighted by Crippen LogP contribution is 2.17. The average molecular weight is 367 g/mol. The van der Waals surface area contributed by atoms with Crippen molar-refractivity contribution in [2.24, 2.45) is 16.6 Å². The molecule has 0 bridgehead atoms. The zero-order valence-electron chi connectivity index (χ0n) is 11.1. The van der Waals surface area contributed by atoms with Gasteiger partial charge in [0.05, 0.1) is 0 Å². The van der Waals surface area contributed by atoms with Gasteiger partial charge in [-0.1, -0.05) is 19.3 Å². The quantitative estimate of drug-likeness (QED) is 0.457. The number of nitrogens with two attached hydrogens (primary N) is 1. The smallest absolute Gasteiger partial charge is 0.188 e. The number of hydrogen-bond acceptors (Lipinski definition) is 2. The lowest BCUT2D eigenvalue weighted by atomic mass is 9.96. The molecule has 1 saturated heterocycles. The first kappa shape index (κ1) is 16.0. The zero-order chi connectivity index (χ0) is 11.9. The molecule has 1 saturated carbocycles. The van der Waals surface area contributed by atoms with Crippen LogP contribution in [0.3, 0.4) is 0 Å². The van der Waals surface area contributed by atoms with Gasteiger partial charge in [0, 0.05) is 25.8 Å². The second kappa shape index (κ2) is 8.96. The minimum absolute atomic E-state index is 0. The van der Waals surface area contributed by atoms with Gasteiger partial charge < -0.3 is 15.8 Å². The van der Waals surface area contributed by atoms with E-state index in [9.17, 15) is 0 Å². The fourth-order valence-corrected chi connectivity index (χ4v) is 2.66. The second-order valence-corrected chi connectivity index (χ2v) is 5.26. The molecule has 0 amide bonds. The number of nitrogens with zero attached hydrogens (tertiary/aromatic N) is 1. The van der Waals surface area contributed by atoms with E-state index in [2.05, 4.69) is 10.3 Å². The van der Waals surface area contributed by atoms with Crippen LogP contribution < -0.4 is 11.1 Å². The summed E-state index contributed by atoms with van der Waals surface area (Å²) in [4.78, 5) is 4.47. The van der Waals surface area contributed by atoms with Gasteiger partial charge in [-0.25, -0.2) is 0 Å². The van der Waals surface area contributed by atoms with Crippen LogP contribution in [-0.4, -0.2) is 31.8 Å². The van der Waals surface area contributed by atoms with E-state index in [-0.39, 0.29) is 24.0 Å². The number of ether oxygens (including phenoxy) is 1. The Labute approximate surface area is 127 Å². The Kier molecular flexibility index (Phi) is 7.97. The molecule has 0 spiro atoms. The Morgan fingerprint density at radius 3 is 2.44 bits per heavy atom. The van der Waals surface area contributed by atoms with E-state index in [1.807, 2.05) is 0 Å². The van der Waals surface area contributed by atoms with Gasteiger partial charge in [-0.3, -0.25) is 4.99 Å². The molecule has 18 heavy (non-hydrogen) atoms. The number of hydrogen-bond donors (Lipinski definition) is 2. The normalized spacial score (nSPS) is 23.4. The monoisotopic (exact) mass is 367 g/mol. The predicted molar refractivity (Wildman–Crippen MR) is 85.5 cm³/mol. The van der Waals surface area contributed by atoms with E-state index in [1.165, 1.54) is 32.1 Å². The van der Waals surface area contributed by atoms with Crippen LogP contribution in [0.15, 0.2) is 4.99 Å². The van der Waals surface area contributed by atoms with Gasteiger partial charge in [0.2, 0.25) is 0 Å². The van der Waals surface area contributed by atoms with E-state index < -0.39 is 0 Å². The molecule has 1 heterocycles. The Balaban J connectivity index is 0.00000162. The largest absolute Gasteiger partial charge is 0.381 e. The standard InChI is InChI=1S/C13H25N3O.HI/c14-13(16-12-4-2-1-3-5-12)15-10-11-6-8-17-9-7-11;/h11-12H,1-10H2,(H3,14,15,16);1H. The Hall–Kier alpha value is -0.0400. The Bertz CT molecular complexity index is 249. The van der Waals surface area contributed by atoms with Gasteiger partial charge in [-0.05, 0) is 31.6 Å². The molecule has 0 aromatic heterocycles. The highest BCUT2D eigenvalue weighted by Gasteiger charge is 2.15. The molecule has 0 atom stereocenters. The molecular weight excluding hydrogens is 341 g/mol. The summed E-state index contributed by atoms with van der Waals surface area (Å²) in [5, 5.41) is 3.35. The summed E-state index contributed by atoms with van der Waals surface area (Å²) < 4.78 is 5.33. The van der Waals surface area contributed by atoms with Crippen LogP contribution >= 0.6 is 24.0 Å². The number of rotatable bonds is 3. The van der Waals surface area contributed by atoms with Crippen molar-refractivity contribution in [3.05, 3.63) is 0 Å². The first-order valence-electron chi connectivity index (χ1n) is 6.99. The highest BCUT2D eigenvalue weighted by molar-refractivity contribution is 14.0. The molecule has 0 aromatic carbocycles. The van der Waals surface area contributed by atoms with Crippen molar-refractivity contribution >= 4 is 29.9 Å². The van der Waals surface area contributed by atoms with Gasteiger partial charge in [0.1, 0.15) is 0 Å². The summed E-state index contributed by atoms with van der Waals surface area (Å²) in [7, 11) is 0. The predicted octanol–water partition coefficient (Wildman–Crippen LogP) is 2.27. The van der Waals surface area contributed by atoms with Gasteiger partial charge in [0.25, 0.3) is 0 Å². The summed E-state index contributed by atoms with van der Waals surface area (Å²) in [5.41, 5.74) is 5.93. The lowest BCUT2D eigenvalue weighted by molar-refractivity contribution is 0.0689. The fraction of sp³-hybridized carbons (Fsp3) is 0.923. The van der Waals surface area contributed by atoms with E-state index in [1.54, 1.807) is 0 Å².